The van der Waals surface area contributed by atoms with E-state index in [0.717, 1.165) is 29.5 Å². The summed E-state index contributed by atoms with van der Waals surface area (Å²) in [6, 6.07) is 18.1. The van der Waals surface area contributed by atoms with Gasteiger partial charge in [0.05, 0.1) is 5.92 Å². The van der Waals surface area contributed by atoms with E-state index in [1.54, 1.807) is 0 Å². The minimum Gasteiger partial charge on any atom is -0.353 e. The van der Waals surface area contributed by atoms with Crippen LogP contribution in [0.25, 0.3) is 0 Å². The van der Waals surface area contributed by atoms with E-state index in [0.29, 0.717) is 19.1 Å². The number of rotatable bonds is 4. The van der Waals surface area contributed by atoms with Crippen molar-refractivity contribution in [1.29, 1.82) is 0 Å². The number of hydrogen-bond acceptors (Lipinski definition) is 2. The van der Waals surface area contributed by atoms with Gasteiger partial charge in [0.15, 0.2) is 0 Å². The topological polar surface area (TPSA) is 49.4 Å². The minimum absolute atomic E-state index is 0.0192. The maximum atomic E-state index is 13.0. The first kappa shape index (κ1) is 16.8. The molecule has 0 spiro atoms. The molecule has 1 heterocycles. The quantitative estimate of drug-likeness (QED) is 0.923. The van der Waals surface area contributed by atoms with Crippen LogP contribution < -0.4 is 5.32 Å². The Morgan fingerprint density at radius 1 is 0.962 bits per heavy atom. The highest BCUT2D eigenvalue weighted by Crippen LogP contribution is 2.34. The lowest BCUT2D eigenvalue weighted by molar-refractivity contribution is -0.125. The number of likely N-dealkylation sites (tertiary alicyclic amines) is 1. The Bertz CT molecular complexity index is 814. The van der Waals surface area contributed by atoms with Gasteiger partial charge < -0.3 is 10.2 Å². The maximum absolute atomic E-state index is 13.0. The van der Waals surface area contributed by atoms with Crippen molar-refractivity contribution in [3.8, 4) is 0 Å². The SMILES string of the molecule is Cc1ccccc1C(=O)N1CC(C(=O)NC2CC2)C(c2ccccc2)C1. The van der Waals surface area contributed by atoms with Crippen LogP contribution in [0.4, 0.5) is 0 Å². The van der Waals surface area contributed by atoms with Crippen LogP contribution in [0.1, 0.15) is 40.2 Å². The molecule has 1 saturated heterocycles. The van der Waals surface area contributed by atoms with Gasteiger partial charge in [-0.25, -0.2) is 0 Å². The third kappa shape index (κ3) is 3.36. The summed E-state index contributed by atoms with van der Waals surface area (Å²) < 4.78 is 0. The van der Waals surface area contributed by atoms with E-state index < -0.39 is 0 Å². The number of aryl methyl sites for hydroxylation is 1. The summed E-state index contributed by atoms with van der Waals surface area (Å²) in [6.07, 6.45) is 2.14. The minimum atomic E-state index is -0.189. The fourth-order valence-electron chi connectivity index (χ4n) is 3.79. The summed E-state index contributed by atoms with van der Waals surface area (Å²) in [7, 11) is 0. The van der Waals surface area contributed by atoms with Crippen LogP contribution in [0, 0.1) is 12.8 Å². The molecular weight excluding hydrogens is 324 g/mol. The molecule has 2 aromatic rings. The van der Waals surface area contributed by atoms with Gasteiger partial charge in [-0.2, -0.15) is 0 Å². The summed E-state index contributed by atoms with van der Waals surface area (Å²) in [6.45, 7) is 3.01. The average Bonchev–Trinajstić information content (AvgIpc) is 3.36. The zero-order valence-electron chi connectivity index (χ0n) is 15.0. The van der Waals surface area contributed by atoms with Gasteiger partial charge in [-0.1, -0.05) is 48.5 Å². The molecule has 2 atom stereocenters. The molecule has 2 amide bonds. The third-order valence-electron chi connectivity index (χ3n) is 5.47. The van der Waals surface area contributed by atoms with Gasteiger partial charge in [0.2, 0.25) is 5.91 Å². The van der Waals surface area contributed by atoms with Gasteiger partial charge in [0.1, 0.15) is 0 Å². The first-order chi connectivity index (χ1) is 12.6. The Kier molecular flexibility index (Phi) is 4.49. The van der Waals surface area contributed by atoms with E-state index in [2.05, 4.69) is 17.4 Å². The monoisotopic (exact) mass is 348 g/mol. The second-order valence-corrected chi connectivity index (χ2v) is 7.43. The Hall–Kier alpha value is -2.62. The van der Waals surface area contributed by atoms with E-state index in [1.165, 1.54) is 0 Å². The van der Waals surface area contributed by atoms with E-state index in [4.69, 9.17) is 0 Å². The molecule has 4 nitrogen and oxygen atoms in total. The smallest absolute Gasteiger partial charge is 0.254 e. The molecule has 2 aliphatic rings. The molecule has 1 N–H and O–H groups in total. The summed E-state index contributed by atoms with van der Waals surface area (Å²) in [5.74, 6) is -0.0407. The van der Waals surface area contributed by atoms with Crippen molar-refractivity contribution >= 4 is 11.8 Å². The molecular formula is C22H24N2O2. The Morgan fingerprint density at radius 2 is 1.65 bits per heavy atom. The van der Waals surface area contributed by atoms with Crippen LogP contribution in [0.2, 0.25) is 0 Å². The van der Waals surface area contributed by atoms with Gasteiger partial charge in [-0.05, 0) is 37.0 Å². The summed E-state index contributed by atoms with van der Waals surface area (Å²) in [5, 5.41) is 3.13. The molecule has 1 aliphatic carbocycles. The molecule has 0 radical (unpaired) electrons. The Balaban J connectivity index is 1.59. The first-order valence-corrected chi connectivity index (χ1v) is 9.33. The fraction of sp³-hybridized carbons (Fsp3) is 0.364. The molecule has 0 bridgehead atoms. The Morgan fingerprint density at radius 3 is 2.35 bits per heavy atom. The van der Waals surface area contributed by atoms with Crippen molar-refractivity contribution in [2.24, 2.45) is 5.92 Å². The normalized spacial score (nSPS) is 22.3. The lowest BCUT2D eigenvalue weighted by Gasteiger charge is -2.18. The number of carbonyl (C=O) groups excluding carboxylic acids is 2. The number of hydrogen-bond donors (Lipinski definition) is 1. The number of nitrogens with one attached hydrogen (secondary N) is 1. The van der Waals surface area contributed by atoms with Crippen LogP contribution in [0.15, 0.2) is 54.6 Å². The average molecular weight is 348 g/mol. The Labute approximate surface area is 154 Å². The first-order valence-electron chi connectivity index (χ1n) is 9.33. The lowest BCUT2D eigenvalue weighted by atomic mass is 9.88. The van der Waals surface area contributed by atoms with E-state index in [9.17, 15) is 9.59 Å². The molecule has 2 aromatic carbocycles. The van der Waals surface area contributed by atoms with E-state index >= 15 is 0 Å². The summed E-state index contributed by atoms with van der Waals surface area (Å²) in [4.78, 5) is 27.7. The highest BCUT2D eigenvalue weighted by atomic mass is 16.2. The van der Waals surface area contributed by atoms with E-state index in [1.807, 2.05) is 54.3 Å². The van der Waals surface area contributed by atoms with Gasteiger partial charge >= 0.3 is 0 Å². The van der Waals surface area contributed by atoms with Gasteiger partial charge in [-0.15, -0.1) is 0 Å². The van der Waals surface area contributed by atoms with Crippen LogP contribution >= 0.6 is 0 Å². The second kappa shape index (κ2) is 6.94. The van der Waals surface area contributed by atoms with Crippen molar-refractivity contribution in [3.63, 3.8) is 0 Å². The van der Waals surface area contributed by atoms with Gasteiger partial charge in [0.25, 0.3) is 5.91 Å². The largest absolute Gasteiger partial charge is 0.353 e. The zero-order valence-corrected chi connectivity index (χ0v) is 15.0. The van der Waals surface area contributed by atoms with Crippen LogP contribution in [-0.2, 0) is 4.79 Å². The molecule has 2 unspecified atom stereocenters. The number of nitrogens with zero attached hydrogens (tertiary/aromatic N) is 1. The second-order valence-electron chi connectivity index (χ2n) is 7.43. The molecule has 1 aliphatic heterocycles. The molecule has 4 rings (SSSR count). The standard InChI is InChI=1S/C22H24N2O2/c1-15-7-5-6-10-18(15)22(26)24-13-19(16-8-3-2-4-9-16)20(14-24)21(25)23-17-11-12-17/h2-10,17,19-20H,11-14H2,1H3,(H,23,25). The number of amides is 2. The zero-order chi connectivity index (χ0) is 18.1. The summed E-state index contributed by atoms with van der Waals surface area (Å²) in [5.41, 5.74) is 2.82. The number of benzene rings is 2. The van der Waals surface area contributed by atoms with Crippen molar-refractivity contribution in [3.05, 3.63) is 71.3 Å². The summed E-state index contributed by atoms with van der Waals surface area (Å²) >= 11 is 0. The fourth-order valence-corrected chi connectivity index (χ4v) is 3.79. The van der Waals surface area contributed by atoms with Gasteiger partial charge in [-0.3, -0.25) is 9.59 Å². The molecule has 0 aromatic heterocycles. The van der Waals surface area contributed by atoms with Crippen LogP contribution in [-0.4, -0.2) is 35.8 Å². The van der Waals surface area contributed by atoms with Crippen molar-refractivity contribution in [2.45, 2.75) is 31.7 Å². The highest BCUT2D eigenvalue weighted by molar-refractivity contribution is 5.96. The van der Waals surface area contributed by atoms with Crippen molar-refractivity contribution in [2.75, 3.05) is 13.1 Å². The molecule has 134 valence electrons. The predicted molar refractivity (Wildman–Crippen MR) is 101 cm³/mol. The molecule has 4 heteroatoms. The molecule has 26 heavy (non-hydrogen) atoms. The van der Waals surface area contributed by atoms with Crippen LogP contribution in [0.5, 0.6) is 0 Å². The lowest BCUT2D eigenvalue weighted by Crippen LogP contribution is -2.36. The molecule has 2 fully saturated rings. The van der Waals surface area contributed by atoms with Crippen molar-refractivity contribution < 1.29 is 9.59 Å². The molecule has 1 saturated carbocycles. The number of carbonyl (C=O) groups is 2. The predicted octanol–water partition coefficient (Wildman–Crippen LogP) is 3.13. The third-order valence-corrected chi connectivity index (χ3v) is 5.47. The van der Waals surface area contributed by atoms with Crippen LogP contribution in [0.3, 0.4) is 0 Å². The van der Waals surface area contributed by atoms with Crippen molar-refractivity contribution in [1.82, 2.24) is 10.2 Å². The maximum Gasteiger partial charge on any atom is 0.254 e. The van der Waals surface area contributed by atoms with E-state index in [-0.39, 0.29) is 23.7 Å². The highest BCUT2D eigenvalue weighted by Gasteiger charge is 2.41. The van der Waals surface area contributed by atoms with Gasteiger partial charge in [0, 0.05) is 30.6 Å².